The van der Waals surface area contributed by atoms with Crippen molar-refractivity contribution in [2.75, 3.05) is 36.2 Å². The maximum atomic E-state index is 12.8. The number of carbonyl (C=O) groups is 1. The molecule has 202 valence electrons. The molecule has 0 radical (unpaired) electrons. The summed E-state index contributed by atoms with van der Waals surface area (Å²) in [5, 5.41) is 0.0699. The molecule has 3 aromatic carbocycles. The zero-order valence-electron chi connectivity index (χ0n) is 20.5. The van der Waals surface area contributed by atoms with Crippen molar-refractivity contribution in [2.45, 2.75) is 19.6 Å². The fourth-order valence-electron chi connectivity index (χ4n) is 3.64. The van der Waals surface area contributed by atoms with Gasteiger partial charge < -0.3 is 20.1 Å². The standard InChI is InChI=1S/C26H25ClF4N4O3/c1-33-12-16-9-19(5-8-22(16)32)34(2)13-17-10-21(27)24(37-14-25(28)29)11-23(17)35(15-36)18-3-6-20(7-4-18)38-26(30)31/h3-12,15,25-26H,13-14,32H2,1-2H3. The van der Waals surface area contributed by atoms with E-state index < -0.39 is 19.6 Å². The van der Waals surface area contributed by atoms with Crippen molar-refractivity contribution >= 4 is 47.0 Å². The quantitative estimate of drug-likeness (QED) is 0.126. The zero-order valence-corrected chi connectivity index (χ0v) is 21.2. The van der Waals surface area contributed by atoms with Crippen molar-refractivity contribution < 1.29 is 31.8 Å². The predicted octanol–water partition coefficient (Wildman–Crippen LogP) is 6.15. The summed E-state index contributed by atoms with van der Waals surface area (Å²) < 4.78 is 60.2. The first-order valence-corrected chi connectivity index (χ1v) is 11.6. The smallest absolute Gasteiger partial charge is 0.387 e. The zero-order chi connectivity index (χ0) is 27.8. The molecule has 0 aliphatic carbocycles. The van der Waals surface area contributed by atoms with Crippen LogP contribution in [0.15, 0.2) is 59.6 Å². The molecular weight excluding hydrogens is 528 g/mol. The Kier molecular flexibility index (Phi) is 9.78. The number of nitrogens with zero attached hydrogens (tertiary/aromatic N) is 3. The minimum Gasteiger partial charge on any atom is -0.486 e. The van der Waals surface area contributed by atoms with Gasteiger partial charge in [-0.3, -0.25) is 14.7 Å². The Hall–Kier alpha value is -3.99. The number of carbonyl (C=O) groups excluding carboxylic acids is 1. The second kappa shape index (κ2) is 13.0. The number of halogens is 5. The normalized spacial score (nSPS) is 11.3. The lowest BCUT2D eigenvalue weighted by Crippen LogP contribution is -2.21. The second-order valence-corrected chi connectivity index (χ2v) is 8.43. The number of aliphatic imine (C=N–C) groups is 1. The first kappa shape index (κ1) is 28.6. The molecule has 3 aromatic rings. The first-order chi connectivity index (χ1) is 18.1. The molecular formula is C26H25ClF4N4O3. The molecule has 0 unspecified atom stereocenters. The van der Waals surface area contributed by atoms with Gasteiger partial charge in [0.05, 0.1) is 10.7 Å². The summed E-state index contributed by atoms with van der Waals surface area (Å²) in [7, 11) is 3.43. The number of amides is 1. The Labute approximate surface area is 222 Å². The Morgan fingerprint density at radius 3 is 2.34 bits per heavy atom. The summed E-state index contributed by atoms with van der Waals surface area (Å²) >= 11 is 6.35. The highest BCUT2D eigenvalue weighted by Crippen LogP contribution is 2.38. The van der Waals surface area contributed by atoms with Gasteiger partial charge in [-0.1, -0.05) is 11.6 Å². The molecule has 0 aromatic heterocycles. The van der Waals surface area contributed by atoms with Crippen LogP contribution in [0.25, 0.3) is 0 Å². The van der Waals surface area contributed by atoms with Gasteiger partial charge in [-0.2, -0.15) is 8.78 Å². The van der Waals surface area contributed by atoms with Gasteiger partial charge in [-0.25, -0.2) is 8.78 Å². The molecule has 0 heterocycles. The van der Waals surface area contributed by atoms with Gasteiger partial charge in [0.25, 0.3) is 6.43 Å². The van der Waals surface area contributed by atoms with Gasteiger partial charge in [-0.05, 0) is 54.1 Å². The number of nitrogens with two attached hydrogens (primary N) is 1. The number of anilines is 4. The summed E-state index contributed by atoms with van der Waals surface area (Å²) in [6, 6.07) is 13.6. The van der Waals surface area contributed by atoms with Gasteiger partial charge in [0.2, 0.25) is 6.41 Å². The molecule has 2 N–H and O–H groups in total. The Bertz CT molecular complexity index is 1280. The lowest BCUT2D eigenvalue weighted by Gasteiger charge is -2.26. The summed E-state index contributed by atoms with van der Waals surface area (Å²) in [6.07, 6.45) is -0.609. The van der Waals surface area contributed by atoms with Crippen LogP contribution in [-0.2, 0) is 11.3 Å². The topological polar surface area (TPSA) is 80.4 Å². The van der Waals surface area contributed by atoms with Crippen LogP contribution in [0.4, 0.5) is 40.3 Å². The second-order valence-electron chi connectivity index (χ2n) is 8.02. The molecule has 0 aliphatic heterocycles. The monoisotopic (exact) mass is 552 g/mol. The van der Waals surface area contributed by atoms with E-state index in [1.165, 1.54) is 41.3 Å². The molecule has 0 bridgehead atoms. The van der Waals surface area contributed by atoms with E-state index in [0.717, 1.165) is 5.69 Å². The van der Waals surface area contributed by atoms with Crippen LogP contribution in [0.3, 0.4) is 0 Å². The molecule has 0 saturated carbocycles. The molecule has 12 heteroatoms. The Morgan fingerprint density at radius 1 is 1.05 bits per heavy atom. The van der Waals surface area contributed by atoms with E-state index >= 15 is 0 Å². The lowest BCUT2D eigenvalue weighted by atomic mass is 10.1. The average molecular weight is 553 g/mol. The highest BCUT2D eigenvalue weighted by atomic mass is 35.5. The molecule has 0 aliphatic rings. The minimum absolute atomic E-state index is 0.0493. The lowest BCUT2D eigenvalue weighted by molar-refractivity contribution is -0.106. The van der Waals surface area contributed by atoms with Crippen LogP contribution in [0, 0.1) is 0 Å². The number of ether oxygens (including phenoxy) is 2. The van der Waals surface area contributed by atoms with Gasteiger partial charge in [-0.15, -0.1) is 0 Å². The van der Waals surface area contributed by atoms with Crippen LogP contribution in [0.1, 0.15) is 11.1 Å². The summed E-state index contributed by atoms with van der Waals surface area (Å²) in [5.74, 6) is -0.145. The number of hydrogen-bond acceptors (Lipinski definition) is 6. The molecule has 3 rings (SSSR count). The minimum atomic E-state index is -3.01. The predicted molar refractivity (Wildman–Crippen MR) is 141 cm³/mol. The highest BCUT2D eigenvalue weighted by Gasteiger charge is 2.20. The van der Waals surface area contributed by atoms with Crippen molar-refractivity contribution in [3.63, 3.8) is 0 Å². The van der Waals surface area contributed by atoms with Gasteiger partial charge >= 0.3 is 6.61 Å². The Balaban J connectivity index is 2.03. The first-order valence-electron chi connectivity index (χ1n) is 11.2. The molecule has 0 fully saturated rings. The van der Waals surface area contributed by atoms with Crippen molar-refractivity contribution in [1.29, 1.82) is 0 Å². The summed E-state index contributed by atoms with van der Waals surface area (Å²) in [6.45, 7) is -3.67. The third kappa shape index (κ3) is 7.28. The molecule has 7 nitrogen and oxygen atoms in total. The number of alkyl halides is 4. The number of rotatable bonds is 12. The third-order valence-electron chi connectivity index (χ3n) is 5.39. The van der Waals surface area contributed by atoms with E-state index in [1.807, 2.05) is 17.0 Å². The van der Waals surface area contributed by atoms with Crippen molar-refractivity contribution in [3.05, 3.63) is 70.7 Å². The van der Waals surface area contributed by atoms with Crippen molar-refractivity contribution in [3.8, 4) is 11.5 Å². The van der Waals surface area contributed by atoms with Crippen LogP contribution < -0.4 is 25.0 Å². The molecule has 0 saturated heterocycles. The van der Waals surface area contributed by atoms with Crippen molar-refractivity contribution in [1.82, 2.24) is 0 Å². The van der Waals surface area contributed by atoms with Gasteiger partial charge in [0, 0.05) is 55.5 Å². The molecule has 0 atom stereocenters. The molecule has 1 amide bonds. The Morgan fingerprint density at radius 2 is 1.74 bits per heavy atom. The van der Waals surface area contributed by atoms with Crippen LogP contribution in [0.2, 0.25) is 5.02 Å². The fraction of sp³-hybridized carbons (Fsp3) is 0.231. The van der Waals surface area contributed by atoms with E-state index in [-0.39, 0.29) is 28.8 Å². The van der Waals surface area contributed by atoms with E-state index in [2.05, 4.69) is 9.73 Å². The fourth-order valence-corrected chi connectivity index (χ4v) is 3.88. The van der Waals surface area contributed by atoms with E-state index in [1.54, 1.807) is 26.4 Å². The summed E-state index contributed by atoms with van der Waals surface area (Å²) in [4.78, 5) is 19.3. The number of benzene rings is 3. The largest absolute Gasteiger partial charge is 0.486 e. The van der Waals surface area contributed by atoms with Gasteiger partial charge in [0.15, 0.2) is 0 Å². The van der Waals surface area contributed by atoms with E-state index in [0.29, 0.717) is 28.9 Å². The number of nitrogen functional groups attached to an aromatic ring is 1. The number of hydrogen-bond donors (Lipinski definition) is 1. The van der Waals surface area contributed by atoms with Gasteiger partial charge in [0.1, 0.15) is 18.1 Å². The van der Waals surface area contributed by atoms with Crippen LogP contribution >= 0.6 is 11.6 Å². The molecule has 38 heavy (non-hydrogen) atoms. The van der Waals surface area contributed by atoms with Crippen molar-refractivity contribution in [2.24, 2.45) is 4.99 Å². The van der Waals surface area contributed by atoms with E-state index in [4.69, 9.17) is 22.1 Å². The average Bonchev–Trinajstić information content (AvgIpc) is 2.86. The summed E-state index contributed by atoms with van der Waals surface area (Å²) in [5.41, 5.74) is 9.18. The van der Waals surface area contributed by atoms with Crippen LogP contribution in [0.5, 0.6) is 11.5 Å². The highest BCUT2D eigenvalue weighted by molar-refractivity contribution is 6.32. The van der Waals surface area contributed by atoms with E-state index in [9.17, 15) is 22.4 Å². The third-order valence-corrected chi connectivity index (χ3v) is 5.69. The maximum absolute atomic E-state index is 12.8. The SMILES string of the molecule is CN=Cc1cc(N(C)Cc2cc(Cl)c(OCC(F)F)cc2N(C=O)c2ccc(OC(F)F)cc2)ccc1N. The molecule has 0 spiro atoms. The maximum Gasteiger partial charge on any atom is 0.387 e. The van der Waals surface area contributed by atoms with Crippen LogP contribution in [-0.4, -0.2) is 46.4 Å².